The first kappa shape index (κ1) is 11.9. The van der Waals surface area contributed by atoms with E-state index in [-0.39, 0.29) is 10.6 Å². The maximum atomic E-state index is 10.8. The third-order valence-corrected chi connectivity index (χ3v) is 3.20. The van der Waals surface area contributed by atoms with E-state index in [1.54, 1.807) is 19.1 Å². The Morgan fingerprint density at radius 2 is 2.12 bits per heavy atom. The smallest absolute Gasteiger partial charge is 0.274 e. The minimum Gasteiger partial charge on any atom is -0.382 e. The Hall–Kier alpha value is -1.62. The third kappa shape index (κ3) is 2.74. The lowest BCUT2D eigenvalue weighted by Crippen LogP contribution is -2.35. The lowest BCUT2D eigenvalue weighted by Gasteiger charge is -2.25. The molecule has 1 aliphatic heterocycles. The largest absolute Gasteiger partial charge is 0.382 e. The van der Waals surface area contributed by atoms with E-state index in [4.69, 9.17) is 0 Å². The second-order valence-corrected chi connectivity index (χ2v) is 4.38. The molecule has 5 heteroatoms. The molecule has 1 heterocycles. The third-order valence-electron chi connectivity index (χ3n) is 3.20. The maximum Gasteiger partial charge on any atom is 0.274 e. The highest BCUT2D eigenvalue weighted by Gasteiger charge is 2.17. The number of nitro groups is 1. The molecule has 1 saturated heterocycles. The van der Waals surface area contributed by atoms with Crippen LogP contribution in [0.3, 0.4) is 0 Å². The molecule has 0 unspecified atom stereocenters. The SMILES string of the molecule is Cc1c(NC2CCNCC2)cccc1[N+](=O)[O-]. The highest BCUT2D eigenvalue weighted by Crippen LogP contribution is 2.26. The van der Waals surface area contributed by atoms with Crippen molar-refractivity contribution in [2.75, 3.05) is 18.4 Å². The van der Waals surface area contributed by atoms with Gasteiger partial charge in [0.15, 0.2) is 0 Å². The summed E-state index contributed by atoms with van der Waals surface area (Å²) in [4.78, 5) is 10.5. The molecule has 1 aliphatic rings. The monoisotopic (exact) mass is 235 g/mol. The van der Waals surface area contributed by atoms with Crippen LogP contribution in [0.15, 0.2) is 18.2 Å². The lowest BCUT2D eigenvalue weighted by atomic mass is 10.0. The molecule has 2 N–H and O–H groups in total. The van der Waals surface area contributed by atoms with Gasteiger partial charge in [0.05, 0.1) is 4.92 Å². The van der Waals surface area contributed by atoms with Crippen molar-refractivity contribution in [3.63, 3.8) is 0 Å². The summed E-state index contributed by atoms with van der Waals surface area (Å²) in [5, 5.41) is 17.5. The Morgan fingerprint density at radius 3 is 2.76 bits per heavy atom. The van der Waals surface area contributed by atoms with Crippen LogP contribution in [0.5, 0.6) is 0 Å². The minimum atomic E-state index is -0.330. The number of piperidine rings is 1. The Bertz CT molecular complexity index is 414. The molecule has 0 radical (unpaired) electrons. The second-order valence-electron chi connectivity index (χ2n) is 4.38. The summed E-state index contributed by atoms with van der Waals surface area (Å²) in [6.07, 6.45) is 2.12. The summed E-state index contributed by atoms with van der Waals surface area (Å²) in [7, 11) is 0. The van der Waals surface area contributed by atoms with E-state index in [2.05, 4.69) is 10.6 Å². The first-order valence-corrected chi connectivity index (χ1v) is 5.90. The van der Waals surface area contributed by atoms with E-state index in [0.717, 1.165) is 37.2 Å². The summed E-state index contributed by atoms with van der Waals surface area (Å²) in [5.41, 5.74) is 1.78. The number of hydrogen-bond acceptors (Lipinski definition) is 4. The summed E-state index contributed by atoms with van der Waals surface area (Å²) in [6, 6.07) is 5.60. The quantitative estimate of drug-likeness (QED) is 0.621. The van der Waals surface area contributed by atoms with E-state index < -0.39 is 0 Å². The van der Waals surface area contributed by atoms with Crippen LogP contribution in [-0.4, -0.2) is 24.1 Å². The Kier molecular flexibility index (Phi) is 3.58. The summed E-state index contributed by atoms with van der Waals surface area (Å²) in [5.74, 6) is 0. The molecule has 17 heavy (non-hydrogen) atoms. The van der Waals surface area contributed by atoms with Crippen LogP contribution in [-0.2, 0) is 0 Å². The predicted molar refractivity (Wildman–Crippen MR) is 67.3 cm³/mol. The number of nitrogens with one attached hydrogen (secondary N) is 2. The zero-order valence-electron chi connectivity index (χ0n) is 9.90. The molecule has 1 aromatic carbocycles. The topological polar surface area (TPSA) is 67.2 Å². The van der Waals surface area contributed by atoms with Gasteiger partial charge in [-0.05, 0) is 38.9 Å². The number of anilines is 1. The molecule has 0 aromatic heterocycles. The summed E-state index contributed by atoms with van der Waals surface area (Å²) < 4.78 is 0. The van der Waals surface area contributed by atoms with Crippen LogP contribution in [0.4, 0.5) is 11.4 Å². The maximum absolute atomic E-state index is 10.8. The van der Waals surface area contributed by atoms with Gasteiger partial charge < -0.3 is 10.6 Å². The average Bonchev–Trinajstić information content (AvgIpc) is 2.33. The van der Waals surface area contributed by atoms with Crippen LogP contribution in [0.25, 0.3) is 0 Å². The van der Waals surface area contributed by atoms with E-state index in [1.807, 2.05) is 6.07 Å². The van der Waals surface area contributed by atoms with Gasteiger partial charge in [-0.3, -0.25) is 10.1 Å². The van der Waals surface area contributed by atoms with E-state index >= 15 is 0 Å². The van der Waals surface area contributed by atoms with Crippen molar-refractivity contribution in [2.24, 2.45) is 0 Å². The summed E-state index contributed by atoms with van der Waals surface area (Å²) in [6.45, 7) is 3.80. The molecular weight excluding hydrogens is 218 g/mol. The Balaban J connectivity index is 2.15. The molecule has 2 rings (SSSR count). The number of nitro benzene ring substituents is 1. The number of hydrogen-bond donors (Lipinski definition) is 2. The van der Waals surface area contributed by atoms with Gasteiger partial charge in [0.2, 0.25) is 0 Å². The standard InChI is InChI=1S/C12H17N3O2/c1-9-11(3-2-4-12(9)15(16)17)14-10-5-7-13-8-6-10/h2-4,10,13-14H,5-8H2,1H3. The lowest BCUT2D eigenvalue weighted by molar-refractivity contribution is -0.385. The first-order chi connectivity index (χ1) is 8.18. The number of benzene rings is 1. The van der Waals surface area contributed by atoms with Crippen molar-refractivity contribution >= 4 is 11.4 Å². The molecule has 0 saturated carbocycles. The Labute approximate surface area is 100 Å². The normalized spacial score (nSPS) is 16.8. The van der Waals surface area contributed by atoms with Crippen molar-refractivity contribution in [3.05, 3.63) is 33.9 Å². The predicted octanol–water partition coefficient (Wildman–Crippen LogP) is 2.07. The molecule has 0 atom stereocenters. The van der Waals surface area contributed by atoms with Gasteiger partial charge in [-0.2, -0.15) is 0 Å². The number of rotatable bonds is 3. The van der Waals surface area contributed by atoms with Gasteiger partial charge in [0.25, 0.3) is 5.69 Å². The van der Waals surface area contributed by atoms with E-state index in [1.165, 1.54) is 0 Å². The average molecular weight is 235 g/mol. The molecule has 0 bridgehead atoms. The fourth-order valence-electron chi connectivity index (χ4n) is 2.16. The van der Waals surface area contributed by atoms with Gasteiger partial charge in [-0.25, -0.2) is 0 Å². The van der Waals surface area contributed by atoms with Crippen LogP contribution in [0.2, 0.25) is 0 Å². The molecule has 0 amide bonds. The van der Waals surface area contributed by atoms with Crippen LogP contribution in [0, 0.1) is 17.0 Å². The molecule has 1 fully saturated rings. The van der Waals surface area contributed by atoms with Gasteiger partial charge in [-0.1, -0.05) is 6.07 Å². The van der Waals surface area contributed by atoms with E-state index in [0.29, 0.717) is 6.04 Å². The van der Waals surface area contributed by atoms with Crippen molar-refractivity contribution in [1.29, 1.82) is 0 Å². The van der Waals surface area contributed by atoms with Gasteiger partial charge in [0.1, 0.15) is 0 Å². The fraction of sp³-hybridized carbons (Fsp3) is 0.500. The minimum absolute atomic E-state index is 0.184. The first-order valence-electron chi connectivity index (χ1n) is 5.90. The van der Waals surface area contributed by atoms with Crippen molar-refractivity contribution in [3.8, 4) is 0 Å². The number of nitrogens with zero attached hydrogens (tertiary/aromatic N) is 1. The van der Waals surface area contributed by atoms with Crippen molar-refractivity contribution in [1.82, 2.24) is 5.32 Å². The summed E-state index contributed by atoms with van der Waals surface area (Å²) >= 11 is 0. The molecule has 1 aromatic rings. The van der Waals surface area contributed by atoms with Crippen LogP contribution < -0.4 is 10.6 Å². The molecule has 0 spiro atoms. The van der Waals surface area contributed by atoms with Crippen LogP contribution in [0.1, 0.15) is 18.4 Å². The Morgan fingerprint density at radius 1 is 1.41 bits per heavy atom. The van der Waals surface area contributed by atoms with Gasteiger partial charge in [0, 0.05) is 23.4 Å². The fourth-order valence-corrected chi connectivity index (χ4v) is 2.16. The highest BCUT2D eigenvalue weighted by molar-refractivity contribution is 5.60. The van der Waals surface area contributed by atoms with Gasteiger partial charge in [-0.15, -0.1) is 0 Å². The molecular formula is C12H17N3O2. The highest BCUT2D eigenvalue weighted by atomic mass is 16.6. The van der Waals surface area contributed by atoms with Crippen LogP contribution >= 0.6 is 0 Å². The zero-order chi connectivity index (χ0) is 12.3. The van der Waals surface area contributed by atoms with Gasteiger partial charge >= 0.3 is 0 Å². The molecule has 5 nitrogen and oxygen atoms in total. The zero-order valence-corrected chi connectivity index (χ0v) is 9.90. The van der Waals surface area contributed by atoms with Crippen molar-refractivity contribution < 1.29 is 4.92 Å². The van der Waals surface area contributed by atoms with E-state index in [9.17, 15) is 10.1 Å². The molecule has 0 aliphatic carbocycles. The molecule has 92 valence electrons. The second kappa shape index (κ2) is 5.14. The van der Waals surface area contributed by atoms with Crippen molar-refractivity contribution in [2.45, 2.75) is 25.8 Å².